The van der Waals surface area contributed by atoms with E-state index in [4.69, 9.17) is 0 Å². The summed E-state index contributed by atoms with van der Waals surface area (Å²) in [4.78, 5) is 0. The third-order valence-corrected chi connectivity index (χ3v) is 1.49. The third-order valence-electron chi connectivity index (χ3n) is 1.49. The summed E-state index contributed by atoms with van der Waals surface area (Å²) in [6, 6.07) is 0.258. The van der Waals surface area contributed by atoms with Gasteiger partial charge in [-0.2, -0.15) is 0 Å². The number of hydrogen-bond acceptors (Lipinski definition) is 1. The van der Waals surface area contributed by atoms with Crippen molar-refractivity contribution in [2.75, 3.05) is 0 Å². The summed E-state index contributed by atoms with van der Waals surface area (Å²) in [6.45, 7) is 6.15. The summed E-state index contributed by atoms with van der Waals surface area (Å²) in [5.74, 6) is 6.15. The molecule has 0 saturated heterocycles. The molecule has 0 aromatic heterocycles. The molecule has 1 heteroatoms. The Kier molecular flexibility index (Phi) is 2.38. The highest BCUT2D eigenvalue weighted by Crippen LogP contribution is 2.01. The molecule has 0 fully saturated rings. The van der Waals surface area contributed by atoms with Crippen LogP contribution in [0.2, 0.25) is 0 Å². The molecule has 58 valence electrons. The van der Waals surface area contributed by atoms with Crippen molar-refractivity contribution in [2.24, 2.45) is 0 Å². The zero-order valence-electron chi connectivity index (χ0n) is 7.23. The zero-order chi connectivity index (χ0) is 8.27. The maximum atomic E-state index is 3.17. The number of nitrogens with one attached hydrogen (secondary N) is 1. The molecule has 1 heterocycles. The number of hydrogen-bond donors (Lipinski definition) is 1. The fraction of sp³-hybridized carbons (Fsp3) is 0.400. The van der Waals surface area contributed by atoms with E-state index < -0.39 is 0 Å². The van der Waals surface area contributed by atoms with Crippen molar-refractivity contribution in [3.05, 3.63) is 23.4 Å². The van der Waals surface area contributed by atoms with E-state index in [1.807, 2.05) is 13.1 Å². The van der Waals surface area contributed by atoms with Gasteiger partial charge < -0.3 is 5.32 Å². The summed E-state index contributed by atoms with van der Waals surface area (Å²) in [5, 5.41) is 3.17. The van der Waals surface area contributed by atoms with Crippen LogP contribution in [0.15, 0.2) is 23.4 Å². The lowest BCUT2D eigenvalue weighted by Crippen LogP contribution is -2.18. The Morgan fingerprint density at radius 1 is 1.45 bits per heavy atom. The van der Waals surface area contributed by atoms with E-state index in [2.05, 4.69) is 37.1 Å². The first-order valence-electron chi connectivity index (χ1n) is 3.81. The lowest BCUT2D eigenvalue weighted by Gasteiger charge is -2.06. The van der Waals surface area contributed by atoms with Crippen molar-refractivity contribution in [3.8, 4) is 11.8 Å². The molecule has 1 rings (SSSR count). The molecule has 0 aliphatic carbocycles. The van der Waals surface area contributed by atoms with Crippen molar-refractivity contribution in [1.82, 2.24) is 5.32 Å². The molecule has 1 aliphatic rings. The largest absolute Gasteiger partial charge is 0.377 e. The predicted octanol–water partition coefficient (Wildman–Crippen LogP) is 1.83. The normalized spacial score (nSPS) is 32.5. The molecule has 0 amide bonds. The first kappa shape index (κ1) is 7.94. The van der Waals surface area contributed by atoms with Gasteiger partial charge in [-0.15, -0.1) is 0 Å². The Morgan fingerprint density at radius 3 is 2.91 bits per heavy atom. The van der Waals surface area contributed by atoms with E-state index in [0.29, 0.717) is 0 Å². The number of allylic oxidation sites excluding steroid dienone is 3. The van der Waals surface area contributed by atoms with E-state index in [9.17, 15) is 0 Å². The average Bonchev–Trinajstić information content (AvgIpc) is 1.95. The maximum Gasteiger partial charge on any atom is 0.0847 e. The quantitative estimate of drug-likeness (QED) is 0.515. The minimum atomic E-state index is 0.258. The van der Waals surface area contributed by atoms with Crippen LogP contribution in [0.5, 0.6) is 0 Å². The Balaban J connectivity index is 2.90. The first-order chi connectivity index (χ1) is 5.18. The highest BCUT2D eigenvalue weighted by atomic mass is 14.9. The summed E-state index contributed by atoms with van der Waals surface area (Å²) >= 11 is 0. The highest BCUT2D eigenvalue weighted by molar-refractivity contribution is 5.36. The van der Waals surface area contributed by atoms with Crippen LogP contribution < -0.4 is 5.32 Å². The van der Waals surface area contributed by atoms with Crippen molar-refractivity contribution in [3.63, 3.8) is 0 Å². The lowest BCUT2D eigenvalue weighted by molar-refractivity contribution is 0.787. The van der Waals surface area contributed by atoms with Crippen LogP contribution in [0.3, 0.4) is 0 Å². The van der Waals surface area contributed by atoms with Crippen molar-refractivity contribution in [2.45, 2.75) is 26.8 Å². The molecule has 0 aromatic rings. The SMILES string of the molecule is C/C1=C/C(C)=C\NC(C)C#C1. The fourth-order valence-electron chi connectivity index (χ4n) is 0.939. The monoisotopic (exact) mass is 147 g/mol. The van der Waals surface area contributed by atoms with Crippen molar-refractivity contribution < 1.29 is 0 Å². The van der Waals surface area contributed by atoms with Crippen LogP contribution >= 0.6 is 0 Å². The van der Waals surface area contributed by atoms with Gasteiger partial charge in [0, 0.05) is 6.20 Å². The summed E-state index contributed by atoms with van der Waals surface area (Å²) in [7, 11) is 0. The minimum absolute atomic E-state index is 0.258. The van der Waals surface area contributed by atoms with E-state index in [1.165, 1.54) is 5.57 Å². The molecule has 1 aliphatic heterocycles. The second-order valence-corrected chi connectivity index (χ2v) is 2.87. The van der Waals surface area contributed by atoms with Crippen LogP contribution in [0, 0.1) is 11.8 Å². The van der Waals surface area contributed by atoms with Crippen LogP contribution in [0.1, 0.15) is 20.8 Å². The van der Waals surface area contributed by atoms with E-state index in [1.54, 1.807) is 0 Å². The van der Waals surface area contributed by atoms with Gasteiger partial charge in [-0.1, -0.05) is 11.8 Å². The molecular formula is C10H13N. The van der Waals surface area contributed by atoms with Crippen molar-refractivity contribution >= 4 is 0 Å². The topological polar surface area (TPSA) is 12.0 Å². The lowest BCUT2D eigenvalue weighted by atomic mass is 10.1. The minimum Gasteiger partial charge on any atom is -0.377 e. The second-order valence-electron chi connectivity index (χ2n) is 2.87. The van der Waals surface area contributed by atoms with Crippen LogP contribution in [-0.4, -0.2) is 6.04 Å². The molecule has 1 N–H and O–H groups in total. The Labute approximate surface area is 68.2 Å². The van der Waals surface area contributed by atoms with Gasteiger partial charge in [0.1, 0.15) is 0 Å². The summed E-state index contributed by atoms with van der Waals surface area (Å²) in [6.07, 6.45) is 4.08. The van der Waals surface area contributed by atoms with Crippen LogP contribution in [0.4, 0.5) is 0 Å². The molecule has 0 radical (unpaired) electrons. The van der Waals surface area contributed by atoms with Gasteiger partial charge in [0.15, 0.2) is 0 Å². The molecule has 1 atom stereocenters. The highest BCUT2D eigenvalue weighted by Gasteiger charge is 1.94. The van der Waals surface area contributed by atoms with E-state index in [0.717, 1.165) is 5.57 Å². The zero-order valence-corrected chi connectivity index (χ0v) is 7.23. The van der Waals surface area contributed by atoms with Gasteiger partial charge in [-0.25, -0.2) is 0 Å². The fourth-order valence-corrected chi connectivity index (χ4v) is 0.939. The molecule has 1 unspecified atom stereocenters. The Hall–Kier alpha value is -1.16. The smallest absolute Gasteiger partial charge is 0.0847 e. The van der Waals surface area contributed by atoms with Gasteiger partial charge in [0.05, 0.1) is 6.04 Å². The van der Waals surface area contributed by atoms with E-state index in [-0.39, 0.29) is 6.04 Å². The van der Waals surface area contributed by atoms with Crippen LogP contribution in [-0.2, 0) is 0 Å². The molecule has 1 nitrogen and oxygen atoms in total. The van der Waals surface area contributed by atoms with Gasteiger partial charge >= 0.3 is 0 Å². The molecule has 0 spiro atoms. The molecule has 0 aromatic carbocycles. The Bertz CT molecular complexity index is 260. The first-order valence-corrected chi connectivity index (χ1v) is 3.81. The van der Waals surface area contributed by atoms with Gasteiger partial charge in [0.2, 0.25) is 0 Å². The standard InChI is InChI=1S/C10H13N/c1-8-4-5-10(3)11-7-9(2)6-8/h6-7,10-11H,1-3H3/b8-6-,9-7-. The molecule has 0 saturated carbocycles. The second kappa shape index (κ2) is 3.30. The maximum absolute atomic E-state index is 3.17. The molecule has 0 bridgehead atoms. The summed E-state index contributed by atoms with van der Waals surface area (Å²) in [5.41, 5.74) is 2.36. The van der Waals surface area contributed by atoms with E-state index >= 15 is 0 Å². The Morgan fingerprint density at radius 2 is 2.18 bits per heavy atom. The van der Waals surface area contributed by atoms with Crippen molar-refractivity contribution in [1.29, 1.82) is 0 Å². The molecule has 11 heavy (non-hydrogen) atoms. The van der Waals surface area contributed by atoms with Gasteiger partial charge in [-0.05, 0) is 38.0 Å². The third kappa shape index (κ3) is 2.51. The molecular weight excluding hydrogens is 134 g/mol. The number of rotatable bonds is 0. The average molecular weight is 147 g/mol. The van der Waals surface area contributed by atoms with Gasteiger partial charge in [0.25, 0.3) is 0 Å². The predicted molar refractivity (Wildman–Crippen MR) is 47.9 cm³/mol. The summed E-state index contributed by atoms with van der Waals surface area (Å²) < 4.78 is 0. The van der Waals surface area contributed by atoms with Crippen LogP contribution in [0.25, 0.3) is 0 Å². The van der Waals surface area contributed by atoms with Gasteiger partial charge in [-0.3, -0.25) is 0 Å².